The Morgan fingerprint density at radius 1 is 0.488 bits per heavy atom. The zero-order chi connectivity index (χ0) is 28.7. The van der Waals surface area contributed by atoms with E-state index in [2.05, 4.69) is 24.3 Å². The van der Waals surface area contributed by atoms with Crippen LogP contribution in [-0.2, 0) is 38.6 Å². The number of rotatable bonds is 2. The molecule has 0 nitrogen and oxygen atoms in total. The SMILES string of the molecule is Cc1cc2c(-c3ccc(C(F)(F)F)cc3)cccc2[cH-]1.Cc1cc2c(-c3ccc(C(F)(F)F)cc3)cccc2[cH-]1.[Zr+2]. The minimum Gasteiger partial charge on any atom is -0.166 e. The molecule has 206 valence electrons. The smallest absolute Gasteiger partial charge is 0.166 e. The fourth-order valence-electron chi connectivity index (χ4n) is 4.95. The molecule has 0 amide bonds. The van der Waals surface area contributed by atoms with Gasteiger partial charge in [0.1, 0.15) is 0 Å². The molecule has 6 rings (SSSR count). The molecule has 0 radical (unpaired) electrons. The van der Waals surface area contributed by atoms with E-state index in [-0.39, 0.29) is 26.2 Å². The van der Waals surface area contributed by atoms with E-state index >= 15 is 0 Å². The van der Waals surface area contributed by atoms with Crippen LogP contribution in [0.4, 0.5) is 26.3 Å². The fraction of sp³-hybridized carbons (Fsp3) is 0.118. The van der Waals surface area contributed by atoms with Gasteiger partial charge in [-0.1, -0.05) is 61.4 Å². The molecule has 0 heterocycles. The van der Waals surface area contributed by atoms with E-state index in [0.717, 1.165) is 79.2 Å². The monoisotopic (exact) mass is 636 g/mol. The Morgan fingerprint density at radius 3 is 1.15 bits per heavy atom. The maximum Gasteiger partial charge on any atom is 2.00 e. The molecule has 0 spiro atoms. The first kappa shape index (κ1) is 30.5. The van der Waals surface area contributed by atoms with Crippen LogP contribution in [-0.4, -0.2) is 0 Å². The van der Waals surface area contributed by atoms with Gasteiger partial charge in [0, 0.05) is 0 Å². The molecule has 0 unspecified atom stereocenters. The van der Waals surface area contributed by atoms with Crippen molar-refractivity contribution in [1.29, 1.82) is 0 Å². The summed E-state index contributed by atoms with van der Waals surface area (Å²) in [4.78, 5) is 0. The molecule has 7 heteroatoms. The van der Waals surface area contributed by atoms with Crippen LogP contribution < -0.4 is 0 Å². The first-order valence-corrected chi connectivity index (χ1v) is 12.6. The van der Waals surface area contributed by atoms with Crippen molar-refractivity contribution in [3.8, 4) is 22.3 Å². The molecule has 0 saturated carbocycles. The molecule has 0 aromatic heterocycles. The third-order valence-electron chi connectivity index (χ3n) is 6.84. The van der Waals surface area contributed by atoms with Crippen molar-refractivity contribution in [1.82, 2.24) is 0 Å². The van der Waals surface area contributed by atoms with E-state index in [4.69, 9.17) is 0 Å². The number of fused-ring (bicyclic) bond motifs is 2. The molecular weight excluding hydrogens is 614 g/mol. The third kappa shape index (κ3) is 6.73. The van der Waals surface area contributed by atoms with Gasteiger partial charge in [0.15, 0.2) is 0 Å². The van der Waals surface area contributed by atoms with Crippen molar-refractivity contribution in [3.63, 3.8) is 0 Å². The zero-order valence-corrected chi connectivity index (χ0v) is 24.6. The second kappa shape index (κ2) is 11.8. The van der Waals surface area contributed by atoms with Gasteiger partial charge in [0.25, 0.3) is 0 Å². The maximum atomic E-state index is 12.6. The largest absolute Gasteiger partial charge is 2.00 e. The van der Waals surface area contributed by atoms with E-state index in [1.807, 2.05) is 50.2 Å². The molecule has 0 atom stereocenters. The van der Waals surface area contributed by atoms with Crippen LogP contribution >= 0.6 is 0 Å². The number of aryl methyl sites for hydroxylation is 2. The molecule has 0 aliphatic heterocycles. The van der Waals surface area contributed by atoms with Crippen LogP contribution in [0.3, 0.4) is 0 Å². The van der Waals surface area contributed by atoms with Gasteiger partial charge in [-0.3, -0.25) is 0 Å². The predicted octanol–water partition coefficient (Wildman–Crippen LogP) is 11.1. The summed E-state index contributed by atoms with van der Waals surface area (Å²) in [6.07, 6.45) is -8.58. The first-order chi connectivity index (χ1) is 18.9. The molecule has 0 bridgehead atoms. The van der Waals surface area contributed by atoms with Crippen molar-refractivity contribution >= 4 is 21.5 Å². The molecular formula is C34H24F6Zr. The van der Waals surface area contributed by atoms with Crippen LogP contribution in [0.1, 0.15) is 22.3 Å². The van der Waals surface area contributed by atoms with Crippen molar-refractivity contribution in [2.75, 3.05) is 0 Å². The molecule has 6 aromatic carbocycles. The number of hydrogen-bond donors (Lipinski definition) is 0. The summed E-state index contributed by atoms with van der Waals surface area (Å²) in [6, 6.07) is 30.6. The predicted molar refractivity (Wildman–Crippen MR) is 149 cm³/mol. The van der Waals surface area contributed by atoms with Crippen molar-refractivity contribution in [3.05, 3.63) is 131 Å². The van der Waals surface area contributed by atoms with Crippen LogP contribution in [0.2, 0.25) is 0 Å². The third-order valence-corrected chi connectivity index (χ3v) is 6.84. The number of hydrogen-bond acceptors (Lipinski definition) is 0. The standard InChI is InChI=1S/2C17H12F3.Zr/c2*1-11-9-13-3-2-4-15(16(13)10-11)12-5-7-14(8-6-12)17(18,19)20;/h2*2-10H,1H3;/q2*-1;+2. The first-order valence-electron chi connectivity index (χ1n) is 12.6. The number of alkyl halides is 6. The topological polar surface area (TPSA) is 0 Å². The molecule has 0 saturated heterocycles. The van der Waals surface area contributed by atoms with E-state index in [1.165, 1.54) is 24.3 Å². The molecule has 6 aromatic rings. The van der Waals surface area contributed by atoms with Gasteiger partial charge in [-0.05, 0) is 35.4 Å². The second-order valence-corrected chi connectivity index (χ2v) is 9.83. The molecule has 0 aliphatic rings. The van der Waals surface area contributed by atoms with Crippen molar-refractivity contribution in [2.45, 2.75) is 26.2 Å². The summed E-state index contributed by atoms with van der Waals surface area (Å²) in [5.41, 5.74) is 4.59. The Hall–Kier alpha value is -3.44. The number of halogens is 6. The minimum atomic E-state index is -4.29. The van der Waals surface area contributed by atoms with Gasteiger partial charge in [0.2, 0.25) is 0 Å². The van der Waals surface area contributed by atoms with E-state index in [1.54, 1.807) is 0 Å². The Labute approximate surface area is 253 Å². The number of benzene rings is 4. The van der Waals surface area contributed by atoms with Crippen LogP contribution in [0, 0.1) is 13.8 Å². The van der Waals surface area contributed by atoms with Crippen LogP contribution in [0.25, 0.3) is 43.8 Å². The zero-order valence-electron chi connectivity index (χ0n) is 22.2. The molecule has 0 fully saturated rings. The van der Waals surface area contributed by atoms with Crippen molar-refractivity contribution in [2.24, 2.45) is 0 Å². The summed E-state index contributed by atoms with van der Waals surface area (Å²) in [5, 5.41) is 4.37. The normalized spacial score (nSPS) is 11.7. The summed E-state index contributed by atoms with van der Waals surface area (Å²) < 4.78 is 75.5. The summed E-state index contributed by atoms with van der Waals surface area (Å²) >= 11 is 0. The Kier molecular flexibility index (Phi) is 8.79. The fourth-order valence-corrected chi connectivity index (χ4v) is 4.95. The van der Waals surface area contributed by atoms with Gasteiger partial charge in [0.05, 0.1) is 11.1 Å². The average Bonchev–Trinajstić information content (AvgIpc) is 3.48. The Bertz CT molecular complexity index is 1630. The van der Waals surface area contributed by atoms with Gasteiger partial charge < -0.3 is 0 Å². The van der Waals surface area contributed by atoms with Gasteiger partial charge in [-0.15, -0.1) is 69.1 Å². The molecule has 0 N–H and O–H groups in total. The summed E-state index contributed by atoms with van der Waals surface area (Å²) in [7, 11) is 0. The maximum absolute atomic E-state index is 12.6. The summed E-state index contributed by atoms with van der Waals surface area (Å²) in [5.74, 6) is 0. The molecule has 41 heavy (non-hydrogen) atoms. The quantitative estimate of drug-likeness (QED) is 0.131. The van der Waals surface area contributed by atoms with Crippen LogP contribution in [0.15, 0.2) is 109 Å². The van der Waals surface area contributed by atoms with E-state index in [9.17, 15) is 26.3 Å². The summed E-state index contributed by atoms with van der Waals surface area (Å²) in [6.45, 7) is 4.02. The van der Waals surface area contributed by atoms with Crippen LogP contribution in [0.5, 0.6) is 0 Å². The van der Waals surface area contributed by atoms with E-state index < -0.39 is 23.5 Å². The average molecular weight is 638 g/mol. The molecule has 0 aliphatic carbocycles. The van der Waals surface area contributed by atoms with Gasteiger partial charge in [-0.2, -0.15) is 38.5 Å². The Balaban J connectivity index is 0.000000184. The van der Waals surface area contributed by atoms with Gasteiger partial charge >= 0.3 is 38.6 Å². The van der Waals surface area contributed by atoms with E-state index in [0.29, 0.717) is 0 Å². The van der Waals surface area contributed by atoms with Crippen molar-refractivity contribution < 1.29 is 52.5 Å². The minimum absolute atomic E-state index is 0. The van der Waals surface area contributed by atoms with Gasteiger partial charge in [-0.25, -0.2) is 0 Å². The second-order valence-electron chi connectivity index (χ2n) is 9.83. The Morgan fingerprint density at radius 2 is 0.829 bits per heavy atom.